The van der Waals surface area contributed by atoms with Gasteiger partial charge in [-0.05, 0) is 0 Å². The molecule has 0 atom stereocenters. The van der Waals surface area contributed by atoms with E-state index in [1.54, 1.807) is 0 Å². The molecule has 1 aliphatic heterocycles. The van der Waals surface area contributed by atoms with Gasteiger partial charge < -0.3 is 25.7 Å². The molecule has 0 aliphatic carbocycles. The summed E-state index contributed by atoms with van der Waals surface area (Å²) in [7, 11) is -3.62. The molecule has 88 valence electrons. The summed E-state index contributed by atoms with van der Waals surface area (Å²) in [6.45, 7) is 2.96. The normalized spacial score (nSPS) is 26.1. The van der Waals surface area contributed by atoms with Gasteiger partial charge in [-0.2, -0.15) is 0 Å². The molecule has 0 unspecified atom stereocenters. The number of hydrogen-bond donors (Lipinski definition) is 1. The van der Waals surface area contributed by atoms with Crippen LogP contribution in [0, 0.1) is 0 Å². The molecule has 1 saturated heterocycles. The van der Waals surface area contributed by atoms with Crippen LogP contribution in [0.4, 0.5) is 0 Å². The molecule has 12 heteroatoms. The third kappa shape index (κ3) is 14.1. The molecule has 1 fully saturated rings. The van der Waals surface area contributed by atoms with Crippen LogP contribution in [0.3, 0.4) is 0 Å². The number of carboxylic acid groups (broad SMARTS) is 1. The molecular weight excluding hydrogens is 288 g/mol. The SMILES string of the molecule is C=CC(=O)O.O1[SiH2]O[SiH2]O[SiH2]O[SiH2]O[SiH2]1. The van der Waals surface area contributed by atoms with E-state index in [1.807, 2.05) is 0 Å². The largest absolute Gasteiger partial charge is 0.478 e. The Morgan fingerprint density at radius 3 is 1.27 bits per heavy atom. The van der Waals surface area contributed by atoms with Gasteiger partial charge in [0, 0.05) is 6.08 Å². The van der Waals surface area contributed by atoms with E-state index in [9.17, 15) is 4.79 Å². The zero-order valence-corrected chi connectivity index (χ0v) is 15.3. The lowest BCUT2D eigenvalue weighted by molar-refractivity contribution is -0.131. The van der Waals surface area contributed by atoms with Crippen molar-refractivity contribution in [1.82, 2.24) is 0 Å². The van der Waals surface area contributed by atoms with Crippen molar-refractivity contribution in [3.05, 3.63) is 12.7 Å². The molecule has 1 aliphatic rings. The van der Waals surface area contributed by atoms with Gasteiger partial charge in [0.25, 0.3) is 50.0 Å². The molecule has 0 aromatic heterocycles. The lowest BCUT2D eigenvalue weighted by Crippen LogP contribution is -2.23. The maximum Gasteiger partial charge on any atom is 0.327 e. The summed E-state index contributed by atoms with van der Waals surface area (Å²) in [5.74, 6) is -0.981. The molecule has 0 radical (unpaired) electrons. The summed E-state index contributed by atoms with van der Waals surface area (Å²) >= 11 is 0. The maximum atomic E-state index is 9.25. The van der Waals surface area contributed by atoms with E-state index >= 15 is 0 Å². The molecule has 0 spiro atoms. The summed E-state index contributed by atoms with van der Waals surface area (Å²) in [5.41, 5.74) is 0. The van der Waals surface area contributed by atoms with Gasteiger partial charge in [-0.1, -0.05) is 6.58 Å². The smallest absolute Gasteiger partial charge is 0.327 e. The predicted molar refractivity (Wildman–Crippen MR) is 66.0 cm³/mol. The fourth-order valence-corrected chi connectivity index (χ4v) is 9.49. The van der Waals surface area contributed by atoms with E-state index in [0.717, 1.165) is 6.08 Å². The number of rotatable bonds is 1. The summed E-state index contributed by atoms with van der Waals surface area (Å²) in [6.07, 6.45) is 0.833. The second kappa shape index (κ2) is 12.2. The first-order chi connectivity index (χ1) is 7.27. The number of hydrogen-bond acceptors (Lipinski definition) is 6. The molecule has 0 amide bonds. The fourth-order valence-electron chi connectivity index (χ4n) is 0.465. The topological polar surface area (TPSA) is 83.5 Å². The van der Waals surface area contributed by atoms with Gasteiger partial charge >= 0.3 is 5.97 Å². The number of carboxylic acids is 1. The van der Waals surface area contributed by atoms with E-state index < -0.39 is 56.0 Å². The van der Waals surface area contributed by atoms with E-state index in [4.69, 9.17) is 25.7 Å². The second-order valence-corrected chi connectivity index (χ2v) is 11.5. The average Bonchev–Trinajstić information content (AvgIpc) is 2.27. The Kier molecular flexibility index (Phi) is 12.2. The minimum absolute atomic E-state index is 0.724. The van der Waals surface area contributed by atoms with Gasteiger partial charge in [0.2, 0.25) is 0 Å². The van der Waals surface area contributed by atoms with Crippen molar-refractivity contribution in [2.24, 2.45) is 0 Å². The van der Waals surface area contributed by atoms with Crippen molar-refractivity contribution in [3.63, 3.8) is 0 Å². The number of aliphatic carboxylic acids is 1. The molecule has 0 bridgehead atoms. The average molecular weight is 303 g/mol. The number of carbonyl (C=O) groups is 1. The van der Waals surface area contributed by atoms with E-state index in [1.165, 1.54) is 0 Å². The van der Waals surface area contributed by atoms with Crippen LogP contribution in [0.2, 0.25) is 0 Å². The molecule has 15 heavy (non-hydrogen) atoms. The van der Waals surface area contributed by atoms with E-state index in [-0.39, 0.29) is 0 Å². The van der Waals surface area contributed by atoms with Crippen LogP contribution in [0.5, 0.6) is 0 Å². The quantitative estimate of drug-likeness (QED) is 0.385. The molecule has 0 aromatic rings. The Labute approximate surface area is 99.4 Å². The standard InChI is InChI=1S/C3H4O2.H10O5Si5/c1-2-3(4)5;1-6-2-8-4-10-5-9-3-7-1/h2H,1H2,(H,4,5);6-10H2. The Morgan fingerprint density at radius 2 is 1.13 bits per heavy atom. The highest BCUT2D eigenvalue weighted by molar-refractivity contribution is 6.50. The predicted octanol–water partition coefficient (Wildman–Crippen LogP) is -4.67. The van der Waals surface area contributed by atoms with Crippen molar-refractivity contribution in [2.45, 2.75) is 0 Å². The molecule has 0 aromatic carbocycles. The highest BCUT2D eigenvalue weighted by Gasteiger charge is 1.97. The molecule has 1 rings (SSSR count). The van der Waals surface area contributed by atoms with Crippen LogP contribution in [0.1, 0.15) is 0 Å². The lowest BCUT2D eigenvalue weighted by Gasteiger charge is -2.10. The fraction of sp³-hybridized carbons (Fsp3) is 0. The van der Waals surface area contributed by atoms with Crippen LogP contribution >= 0.6 is 0 Å². The van der Waals surface area contributed by atoms with Crippen molar-refractivity contribution < 1.29 is 30.5 Å². The van der Waals surface area contributed by atoms with Crippen LogP contribution < -0.4 is 0 Å². The third-order valence-corrected chi connectivity index (χ3v) is 7.67. The second-order valence-electron chi connectivity index (χ2n) is 2.15. The highest BCUT2D eigenvalue weighted by Crippen LogP contribution is 1.79. The molecule has 1 heterocycles. The Morgan fingerprint density at radius 1 is 0.933 bits per heavy atom. The van der Waals surface area contributed by atoms with Crippen LogP contribution in [-0.4, -0.2) is 61.1 Å². The van der Waals surface area contributed by atoms with Crippen molar-refractivity contribution >= 4 is 56.0 Å². The first-order valence-electron chi connectivity index (χ1n) is 4.01. The Bertz CT molecular complexity index is 145. The van der Waals surface area contributed by atoms with E-state index in [0.29, 0.717) is 0 Å². The summed E-state index contributed by atoms with van der Waals surface area (Å²) in [6, 6.07) is 0. The molecule has 7 nitrogen and oxygen atoms in total. The third-order valence-electron chi connectivity index (χ3n) is 1.01. The summed E-state index contributed by atoms with van der Waals surface area (Å²) in [5, 5.41) is 7.60. The van der Waals surface area contributed by atoms with Gasteiger partial charge in [0.1, 0.15) is 0 Å². The first kappa shape index (κ1) is 15.1. The maximum absolute atomic E-state index is 9.25. The van der Waals surface area contributed by atoms with Gasteiger partial charge in [0.15, 0.2) is 0 Å². The highest BCUT2D eigenvalue weighted by atomic mass is 28.4. The van der Waals surface area contributed by atoms with Crippen molar-refractivity contribution in [2.75, 3.05) is 0 Å². The summed E-state index contributed by atoms with van der Waals surface area (Å²) < 4.78 is 25.8. The monoisotopic (exact) mass is 302 g/mol. The molecular formula is C3H14O7Si5. The van der Waals surface area contributed by atoms with Crippen molar-refractivity contribution in [3.8, 4) is 0 Å². The Balaban J connectivity index is 0.000000336. The van der Waals surface area contributed by atoms with Crippen molar-refractivity contribution in [1.29, 1.82) is 0 Å². The van der Waals surface area contributed by atoms with Gasteiger partial charge in [0.05, 0.1) is 0 Å². The van der Waals surface area contributed by atoms with Crippen LogP contribution in [-0.2, 0) is 25.4 Å². The lowest BCUT2D eigenvalue weighted by atomic mass is 10.7. The summed E-state index contributed by atoms with van der Waals surface area (Å²) in [4.78, 5) is 9.25. The first-order valence-corrected chi connectivity index (χ1v) is 9.78. The minimum atomic E-state index is -0.981. The molecule has 1 N–H and O–H groups in total. The van der Waals surface area contributed by atoms with Crippen LogP contribution in [0.25, 0.3) is 0 Å². The van der Waals surface area contributed by atoms with E-state index in [2.05, 4.69) is 6.58 Å². The van der Waals surface area contributed by atoms with Gasteiger partial charge in [-0.3, -0.25) is 0 Å². The zero-order chi connectivity index (χ0) is 11.4. The Hall–Kier alpha value is 0.0944. The van der Waals surface area contributed by atoms with Gasteiger partial charge in [-0.15, -0.1) is 0 Å². The van der Waals surface area contributed by atoms with Gasteiger partial charge in [-0.25, -0.2) is 4.79 Å². The van der Waals surface area contributed by atoms with Crippen LogP contribution in [0.15, 0.2) is 12.7 Å². The molecule has 0 saturated carbocycles. The zero-order valence-electron chi connectivity index (χ0n) is 8.22. The minimum Gasteiger partial charge on any atom is -0.478 e.